The topological polar surface area (TPSA) is 44.0 Å². The maximum absolute atomic E-state index is 10.7. The van der Waals surface area contributed by atoms with E-state index in [1.165, 1.54) is 0 Å². The van der Waals surface area contributed by atoms with E-state index in [4.69, 9.17) is 0 Å². The van der Waals surface area contributed by atoms with Crippen LogP contribution in [0.4, 0.5) is 0 Å². The Kier molecular flexibility index (Phi) is 2.77. The van der Waals surface area contributed by atoms with E-state index in [1.807, 2.05) is 0 Å². The Morgan fingerprint density at radius 1 is 1.13 bits per heavy atom. The first-order valence-corrected chi connectivity index (χ1v) is 6.26. The molecule has 0 atom stereocenters. The Morgan fingerprint density at radius 3 is 2.13 bits per heavy atom. The average molecular weight is 207 g/mol. The lowest BCUT2D eigenvalue weighted by Gasteiger charge is -2.44. The van der Waals surface area contributed by atoms with Gasteiger partial charge in [0, 0.05) is 0 Å². The Morgan fingerprint density at radius 2 is 1.67 bits per heavy atom. The molecule has 2 aliphatic carbocycles. The molecule has 0 saturated heterocycles. The Bertz CT molecular complexity index is 265. The van der Waals surface area contributed by atoms with Gasteiger partial charge in [0.05, 0.1) is 17.1 Å². The van der Waals surface area contributed by atoms with E-state index in [1.54, 1.807) is 0 Å². The molecule has 0 aromatic carbocycles. The lowest BCUT2D eigenvalue weighted by molar-refractivity contribution is -0.0874. The fourth-order valence-corrected chi connectivity index (χ4v) is 3.38. The van der Waals surface area contributed by atoms with Crippen molar-refractivity contribution in [2.24, 2.45) is 11.3 Å². The van der Waals surface area contributed by atoms with Crippen molar-refractivity contribution >= 4 is 0 Å². The minimum atomic E-state index is -0.676. The zero-order chi connectivity index (χ0) is 10.9. The predicted molar refractivity (Wildman–Crippen MR) is 59.1 cm³/mol. The Hall–Kier alpha value is -0.550. The number of aliphatic hydroxyl groups is 1. The largest absolute Gasteiger partial charge is 0.388 e. The molecule has 2 fully saturated rings. The van der Waals surface area contributed by atoms with Crippen LogP contribution < -0.4 is 0 Å². The van der Waals surface area contributed by atoms with Crippen LogP contribution in [0.5, 0.6) is 0 Å². The molecule has 0 heterocycles. The third kappa shape index (κ3) is 1.67. The Balaban J connectivity index is 2.17. The van der Waals surface area contributed by atoms with E-state index in [0.29, 0.717) is 0 Å². The van der Waals surface area contributed by atoms with Crippen molar-refractivity contribution in [3.63, 3.8) is 0 Å². The molecule has 0 aromatic heterocycles. The SMILES string of the molecule is CC1CCC(O)(C2(C#N)CCCC2)CC1. The fraction of sp³-hybridized carbons (Fsp3) is 0.923. The summed E-state index contributed by atoms with van der Waals surface area (Å²) in [6.45, 7) is 2.24. The lowest BCUT2D eigenvalue weighted by atomic mass is 9.63. The first kappa shape index (κ1) is 11.0. The third-order valence-corrected chi connectivity index (χ3v) is 4.66. The molecule has 2 rings (SSSR count). The molecule has 0 radical (unpaired) electrons. The maximum atomic E-state index is 10.7. The maximum Gasteiger partial charge on any atom is 0.0860 e. The predicted octanol–water partition coefficient (Wildman–Crippen LogP) is 3.01. The van der Waals surface area contributed by atoms with Crippen LogP contribution in [0, 0.1) is 22.7 Å². The van der Waals surface area contributed by atoms with Crippen LogP contribution in [-0.2, 0) is 0 Å². The highest BCUT2D eigenvalue weighted by atomic mass is 16.3. The summed E-state index contributed by atoms with van der Waals surface area (Å²) in [6.07, 6.45) is 7.89. The van der Waals surface area contributed by atoms with Gasteiger partial charge in [0.1, 0.15) is 0 Å². The van der Waals surface area contributed by atoms with Crippen LogP contribution in [0.1, 0.15) is 58.3 Å². The van der Waals surface area contributed by atoms with Crippen molar-refractivity contribution in [3.8, 4) is 6.07 Å². The summed E-state index contributed by atoms with van der Waals surface area (Å²) in [7, 11) is 0. The van der Waals surface area contributed by atoms with Crippen molar-refractivity contribution in [3.05, 3.63) is 0 Å². The highest BCUT2D eigenvalue weighted by Crippen LogP contribution is 2.52. The van der Waals surface area contributed by atoms with Gasteiger partial charge in [-0.05, 0) is 44.4 Å². The number of nitrogens with zero attached hydrogens (tertiary/aromatic N) is 1. The summed E-state index contributed by atoms with van der Waals surface area (Å²) in [5.41, 5.74) is -1.09. The zero-order valence-corrected chi connectivity index (χ0v) is 9.63. The summed E-state index contributed by atoms with van der Waals surface area (Å²) in [6, 6.07) is 2.45. The number of rotatable bonds is 1. The second kappa shape index (κ2) is 3.79. The summed E-state index contributed by atoms with van der Waals surface area (Å²) in [4.78, 5) is 0. The highest BCUT2D eigenvalue weighted by Gasteiger charge is 2.52. The lowest BCUT2D eigenvalue weighted by Crippen LogP contribution is -2.48. The molecule has 0 unspecified atom stereocenters. The molecule has 0 aliphatic heterocycles. The van der Waals surface area contributed by atoms with Gasteiger partial charge in [-0.25, -0.2) is 0 Å². The molecule has 1 N–H and O–H groups in total. The smallest absolute Gasteiger partial charge is 0.0860 e. The highest BCUT2D eigenvalue weighted by molar-refractivity contribution is 5.14. The van der Waals surface area contributed by atoms with Crippen LogP contribution in [0.15, 0.2) is 0 Å². The molecule has 0 spiro atoms. The standard InChI is InChI=1S/C13H21NO/c1-11-4-8-13(15,9-5-11)12(10-14)6-2-3-7-12/h11,15H,2-9H2,1H3. The van der Waals surface area contributed by atoms with Gasteiger partial charge in [-0.3, -0.25) is 0 Å². The minimum absolute atomic E-state index is 0.410. The Labute approximate surface area is 92.3 Å². The monoisotopic (exact) mass is 207 g/mol. The molecule has 2 aliphatic rings. The summed E-state index contributed by atoms with van der Waals surface area (Å²) >= 11 is 0. The summed E-state index contributed by atoms with van der Waals surface area (Å²) in [5.74, 6) is 0.724. The van der Waals surface area contributed by atoms with Gasteiger partial charge in [-0.2, -0.15) is 5.26 Å². The molecular formula is C13H21NO. The van der Waals surface area contributed by atoms with Gasteiger partial charge in [0.25, 0.3) is 0 Å². The van der Waals surface area contributed by atoms with Crippen LogP contribution in [0.3, 0.4) is 0 Å². The number of nitriles is 1. The molecule has 2 heteroatoms. The molecular weight excluding hydrogens is 186 g/mol. The van der Waals surface area contributed by atoms with E-state index in [9.17, 15) is 10.4 Å². The van der Waals surface area contributed by atoms with Gasteiger partial charge >= 0.3 is 0 Å². The van der Waals surface area contributed by atoms with E-state index < -0.39 is 11.0 Å². The van der Waals surface area contributed by atoms with E-state index in [0.717, 1.165) is 57.3 Å². The van der Waals surface area contributed by atoms with Crippen molar-refractivity contribution in [2.45, 2.75) is 63.9 Å². The first-order valence-electron chi connectivity index (χ1n) is 6.26. The molecule has 84 valence electrons. The van der Waals surface area contributed by atoms with Crippen LogP contribution in [0.25, 0.3) is 0 Å². The zero-order valence-electron chi connectivity index (χ0n) is 9.63. The van der Waals surface area contributed by atoms with Crippen molar-refractivity contribution < 1.29 is 5.11 Å². The van der Waals surface area contributed by atoms with E-state index in [-0.39, 0.29) is 0 Å². The van der Waals surface area contributed by atoms with Crippen LogP contribution in [0.2, 0.25) is 0 Å². The number of hydrogen-bond acceptors (Lipinski definition) is 2. The first-order chi connectivity index (χ1) is 7.12. The van der Waals surface area contributed by atoms with Gasteiger partial charge < -0.3 is 5.11 Å². The minimum Gasteiger partial charge on any atom is -0.388 e. The van der Waals surface area contributed by atoms with Gasteiger partial charge in [0.15, 0.2) is 0 Å². The van der Waals surface area contributed by atoms with E-state index >= 15 is 0 Å². The second-order valence-electron chi connectivity index (χ2n) is 5.62. The average Bonchev–Trinajstić information content (AvgIpc) is 2.73. The van der Waals surface area contributed by atoms with Crippen molar-refractivity contribution in [1.29, 1.82) is 5.26 Å². The summed E-state index contributed by atoms with van der Waals surface area (Å²) in [5, 5.41) is 20.1. The van der Waals surface area contributed by atoms with Crippen LogP contribution >= 0.6 is 0 Å². The van der Waals surface area contributed by atoms with Crippen molar-refractivity contribution in [1.82, 2.24) is 0 Å². The summed E-state index contributed by atoms with van der Waals surface area (Å²) < 4.78 is 0. The quantitative estimate of drug-likeness (QED) is 0.718. The fourth-order valence-electron chi connectivity index (χ4n) is 3.38. The van der Waals surface area contributed by atoms with Gasteiger partial charge in [0.2, 0.25) is 0 Å². The van der Waals surface area contributed by atoms with Crippen molar-refractivity contribution in [2.75, 3.05) is 0 Å². The molecule has 2 nitrogen and oxygen atoms in total. The van der Waals surface area contributed by atoms with Gasteiger partial charge in [-0.15, -0.1) is 0 Å². The van der Waals surface area contributed by atoms with E-state index in [2.05, 4.69) is 13.0 Å². The molecule has 0 amide bonds. The molecule has 0 bridgehead atoms. The third-order valence-electron chi connectivity index (χ3n) is 4.66. The molecule has 15 heavy (non-hydrogen) atoms. The molecule has 0 aromatic rings. The van der Waals surface area contributed by atoms with Gasteiger partial charge in [-0.1, -0.05) is 19.8 Å². The second-order valence-corrected chi connectivity index (χ2v) is 5.62. The van der Waals surface area contributed by atoms with Crippen LogP contribution in [-0.4, -0.2) is 10.7 Å². The number of hydrogen-bond donors (Lipinski definition) is 1. The normalized spacial score (nSPS) is 39.9. The molecule has 2 saturated carbocycles.